The molecular formula is C14H28O3S. The van der Waals surface area contributed by atoms with Crippen molar-refractivity contribution in [2.24, 2.45) is 0 Å². The topological polar surface area (TPSA) is 51.2 Å². The highest BCUT2D eigenvalue weighted by Gasteiger charge is 2.37. The third kappa shape index (κ3) is 5.98. The first-order chi connectivity index (χ1) is 8.23. The summed E-state index contributed by atoms with van der Waals surface area (Å²) in [5.41, 5.74) is 0. The van der Waals surface area contributed by atoms with Gasteiger partial charge in [-0.3, -0.25) is 4.79 Å². The van der Waals surface area contributed by atoms with Crippen LogP contribution < -0.4 is 0 Å². The fourth-order valence-corrected chi connectivity index (χ4v) is 2.27. The van der Waals surface area contributed by atoms with Crippen molar-refractivity contribution in [1.82, 2.24) is 0 Å². The molecule has 0 rings (SSSR count). The lowest BCUT2D eigenvalue weighted by Gasteiger charge is -2.20. The molecule has 0 aliphatic rings. The van der Waals surface area contributed by atoms with Gasteiger partial charge in [0, 0.05) is 12.7 Å². The third-order valence-corrected chi connectivity index (χ3v) is 5.69. The molecule has 0 heterocycles. The number of carbonyl (C=O) groups excluding carboxylic acids is 1. The predicted molar refractivity (Wildman–Crippen MR) is 76.5 cm³/mol. The van der Waals surface area contributed by atoms with E-state index in [0.29, 0.717) is 6.42 Å². The number of hydrogen-bond donors (Lipinski definition) is 0. The van der Waals surface area contributed by atoms with Crippen molar-refractivity contribution in [1.29, 1.82) is 0 Å². The Labute approximate surface area is 112 Å². The molecule has 0 saturated carbocycles. The Morgan fingerprint density at radius 1 is 0.944 bits per heavy atom. The fraction of sp³-hybridized carbons (Fsp3) is 0.929. The van der Waals surface area contributed by atoms with Crippen LogP contribution in [0.1, 0.15) is 72.1 Å². The van der Waals surface area contributed by atoms with Gasteiger partial charge in [-0.15, -0.1) is 0 Å². The van der Waals surface area contributed by atoms with Crippen LogP contribution in [0.15, 0.2) is 0 Å². The van der Waals surface area contributed by atoms with Crippen molar-refractivity contribution in [3.05, 3.63) is 0 Å². The van der Waals surface area contributed by atoms with Crippen LogP contribution in [0.3, 0.4) is 0 Å². The van der Waals surface area contributed by atoms with Gasteiger partial charge >= 0.3 is 0 Å². The molecule has 0 unspecified atom stereocenters. The van der Waals surface area contributed by atoms with Crippen LogP contribution in [-0.4, -0.2) is 25.2 Å². The maximum absolute atomic E-state index is 11.9. The zero-order valence-corrected chi connectivity index (χ0v) is 13.1. The minimum absolute atomic E-state index is 0.154. The molecule has 0 spiro atoms. The van der Waals surface area contributed by atoms with Crippen molar-refractivity contribution in [2.75, 3.05) is 6.26 Å². The Bertz CT molecular complexity index is 342. The van der Waals surface area contributed by atoms with E-state index >= 15 is 0 Å². The standard InChI is InChI=1S/C14H28O3S/c1-5-6-7-8-9-10-11-12-13(15)14(2,3)18(4,16)17/h5-12H2,1-4H3. The highest BCUT2D eigenvalue weighted by Crippen LogP contribution is 2.20. The summed E-state index contributed by atoms with van der Waals surface area (Å²) >= 11 is 0. The van der Waals surface area contributed by atoms with Crippen LogP contribution in [-0.2, 0) is 14.6 Å². The minimum atomic E-state index is -3.31. The third-order valence-electron chi connectivity index (χ3n) is 3.61. The van der Waals surface area contributed by atoms with Crippen LogP contribution in [0.25, 0.3) is 0 Å². The second kappa shape index (κ2) is 7.93. The van der Waals surface area contributed by atoms with Gasteiger partial charge < -0.3 is 0 Å². The van der Waals surface area contributed by atoms with Crippen molar-refractivity contribution in [3.8, 4) is 0 Å². The molecule has 0 N–H and O–H groups in total. The Morgan fingerprint density at radius 2 is 1.39 bits per heavy atom. The summed E-state index contributed by atoms with van der Waals surface area (Å²) in [5.74, 6) is -0.154. The zero-order valence-electron chi connectivity index (χ0n) is 12.3. The van der Waals surface area contributed by atoms with Crippen molar-refractivity contribution >= 4 is 15.6 Å². The van der Waals surface area contributed by atoms with Crippen LogP contribution >= 0.6 is 0 Å². The first kappa shape index (κ1) is 17.6. The number of hydrogen-bond acceptors (Lipinski definition) is 3. The lowest BCUT2D eigenvalue weighted by atomic mass is 10.0. The van der Waals surface area contributed by atoms with E-state index in [2.05, 4.69) is 6.92 Å². The molecule has 4 heteroatoms. The molecule has 0 atom stereocenters. The normalized spacial score (nSPS) is 12.7. The highest BCUT2D eigenvalue weighted by molar-refractivity contribution is 7.92. The summed E-state index contributed by atoms with van der Waals surface area (Å²) in [5, 5.41) is 0. The molecule has 0 aromatic carbocycles. The summed E-state index contributed by atoms with van der Waals surface area (Å²) in [6.07, 6.45) is 9.49. The monoisotopic (exact) mass is 276 g/mol. The molecule has 0 aromatic heterocycles. The molecule has 18 heavy (non-hydrogen) atoms. The van der Waals surface area contributed by atoms with Gasteiger partial charge in [-0.05, 0) is 20.3 Å². The molecule has 0 fully saturated rings. The SMILES string of the molecule is CCCCCCCCCC(=O)C(C)(C)S(C)(=O)=O. The summed E-state index contributed by atoms with van der Waals surface area (Å²) in [4.78, 5) is 11.9. The maximum atomic E-state index is 11.9. The van der Waals surface area contributed by atoms with Crippen molar-refractivity contribution in [2.45, 2.75) is 76.9 Å². The largest absolute Gasteiger partial charge is 0.298 e. The van der Waals surface area contributed by atoms with Crippen molar-refractivity contribution in [3.63, 3.8) is 0 Å². The average molecular weight is 276 g/mol. The Kier molecular flexibility index (Phi) is 7.76. The minimum Gasteiger partial charge on any atom is -0.298 e. The van der Waals surface area contributed by atoms with E-state index < -0.39 is 14.6 Å². The first-order valence-electron chi connectivity index (χ1n) is 6.96. The number of unbranched alkanes of at least 4 members (excludes halogenated alkanes) is 6. The van der Waals surface area contributed by atoms with E-state index in [9.17, 15) is 13.2 Å². The number of carbonyl (C=O) groups is 1. The summed E-state index contributed by atoms with van der Waals surface area (Å²) < 4.78 is 21.7. The Balaban J connectivity index is 3.85. The fourth-order valence-electron chi connectivity index (χ4n) is 1.75. The highest BCUT2D eigenvalue weighted by atomic mass is 32.2. The molecule has 0 radical (unpaired) electrons. The molecular weight excluding hydrogens is 248 g/mol. The maximum Gasteiger partial charge on any atom is 0.159 e. The van der Waals surface area contributed by atoms with E-state index in [1.807, 2.05) is 0 Å². The lowest BCUT2D eigenvalue weighted by Crippen LogP contribution is -2.39. The van der Waals surface area contributed by atoms with Gasteiger partial charge in [0.2, 0.25) is 0 Å². The van der Waals surface area contributed by atoms with Gasteiger partial charge in [-0.2, -0.15) is 0 Å². The number of rotatable bonds is 10. The molecule has 0 saturated heterocycles. The van der Waals surface area contributed by atoms with E-state index in [-0.39, 0.29) is 5.78 Å². The molecule has 0 aliphatic heterocycles. The average Bonchev–Trinajstić information content (AvgIpc) is 2.26. The number of sulfone groups is 1. The van der Waals surface area contributed by atoms with Gasteiger partial charge in [-0.25, -0.2) is 8.42 Å². The summed E-state index contributed by atoms with van der Waals surface area (Å²) in [6, 6.07) is 0. The van der Waals surface area contributed by atoms with Gasteiger partial charge in [0.05, 0.1) is 0 Å². The molecule has 0 amide bonds. The number of ketones is 1. The Morgan fingerprint density at radius 3 is 1.83 bits per heavy atom. The second-order valence-corrected chi connectivity index (χ2v) is 8.14. The smallest absolute Gasteiger partial charge is 0.159 e. The summed E-state index contributed by atoms with van der Waals surface area (Å²) in [6.45, 7) is 5.20. The van der Waals surface area contributed by atoms with Crippen LogP contribution in [0.2, 0.25) is 0 Å². The molecule has 0 aliphatic carbocycles. The van der Waals surface area contributed by atoms with Gasteiger partial charge in [-0.1, -0.05) is 45.4 Å². The van der Waals surface area contributed by atoms with E-state index in [1.54, 1.807) is 0 Å². The second-order valence-electron chi connectivity index (χ2n) is 5.58. The Hall–Kier alpha value is -0.380. The van der Waals surface area contributed by atoms with Gasteiger partial charge in [0.25, 0.3) is 0 Å². The lowest BCUT2D eigenvalue weighted by molar-refractivity contribution is -0.120. The quantitative estimate of drug-likeness (QED) is 0.574. The van der Waals surface area contributed by atoms with E-state index in [0.717, 1.165) is 25.5 Å². The van der Waals surface area contributed by atoms with Gasteiger partial charge in [0.15, 0.2) is 15.6 Å². The van der Waals surface area contributed by atoms with E-state index in [4.69, 9.17) is 0 Å². The van der Waals surface area contributed by atoms with E-state index in [1.165, 1.54) is 39.5 Å². The van der Waals surface area contributed by atoms with Crippen LogP contribution in [0.5, 0.6) is 0 Å². The molecule has 0 aromatic rings. The zero-order chi connectivity index (χ0) is 14.2. The number of Topliss-reactive ketones (excluding diaryl/α,β-unsaturated/α-hetero) is 1. The molecule has 0 bridgehead atoms. The predicted octanol–water partition coefficient (Wildman–Crippen LogP) is 3.52. The van der Waals surface area contributed by atoms with Crippen molar-refractivity contribution < 1.29 is 13.2 Å². The first-order valence-corrected chi connectivity index (χ1v) is 8.85. The van der Waals surface area contributed by atoms with Crippen LogP contribution in [0, 0.1) is 0 Å². The van der Waals surface area contributed by atoms with Gasteiger partial charge in [0.1, 0.15) is 4.75 Å². The molecule has 108 valence electrons. The molecule has 3 nitrogen and oxygen atoms in total. The summed E-state index contributed by atoms with van der Waals surface area (Å²) in [7, 11) is -3.31. The van der Waals surface area contributed by atoms with Crippen LogP contribution in [0.4, 0.5) is 0 Å².